The molecule has 0 aliphatic rings. The van der Waals surface area contributed by atoms with E-state index in [2.05, 4.69) is 0 Å². The van der Waals surface area contributed by atoms with Gasteiger partial charge in [-0.3, -0.25) is 0 Å². The van der Waals surface area contributed by atoms with E-state index >= 15 is 0 Å². The first kappa shape index (κ1) is 10.3. The van der Waals surface area contributed by atoms with Crippen LogP contribution in [-0.2, 0) is 0 Å². The third-order valence-corrected chi connectivity index (χ3v) is 4.46. The first-order chi connectivity index (χ1) is 4.41. The van der Waals surface area contributed by atoms with Gasteiger partial charge in [0.15, 0.2) is 6.17 Å². The Morgan fingerprint density at radius 2 is 1.70 bits per heavy atom. The summed E-state index contributed by atoms with van der Waals surface area (Å²) in [6, 6.07) is 0. The fourth-order valence-electron chi connectivity index (χ4n) is 0.415. The second-order valence-corrected chi connectivity index (χ2v) is 5.75. The Kier molecular flexibility index (Phi) is 3.73. The van der Waals surface area contributed by atoms with E-state index in [4.69, 9.17) is 11.1 Å². The molecule has 0 fully saturated rings. The predicted octanol–water partition coefficient (Wildman–Crippen LogP) is 2.11. The summed E-state index contributed by atoms with van der Waals surface area (Å²) in [6.45, 7) is 2.87. The molecule has 0 bridgehead atoms. The van der Waals surface area contributed by atoms with Crippen LogP contribution in [0.25, 0.3) is 0 Å². The van der Waals surface area contributed by atoms with Crippen LogP contribution < -0.4 is 0 Å². The summed E-state index contributed by atoms with van der Waals surface area (Å²) in [4.78, 5) is 0. The van der Waals surface area contributed by atoms with Crippen LogP contribution in [0.4, 0.5) is 13.2 Å². The zero-order chi connectivity index (χ0) is 8.36. The van der Waals surface area contributed by atoms with Crippen molar-refractivity contribution in [3.05, 3.63) is 0 Å². The molecule has 0 saturated carbocycles. The molecule has 0 aromatic heterocycles. The lowest BCUT2D eigenvalue weighted by Crippen LogP contribution is -2.28. The van der Waals surface area contributed by atoms with Crippen molar-refractivity contribution in [1.29, 1.82) is 0 Å². The van der Waals surface area contributed by atoms with Gasteiger partial charge < -0.3 is 0 Å². The Bertz CT molecular complexity index is 107. The fraction of sp³-hybridized carbons (Fsp3) is 1.00. The van der Waals surface area contributed by atoms with Crippen molar-refractivity contribution in [3.63, 3.8) is 0 Å². The molecular weight excluding hydrogens is 181 g/mol. The van der Waals surface area contributed by atoms with Crippen LogP contribution in [-0.4, -0.2) is 21.4 Å². The molecule has 62 valence electrons. The third kappa shape index (κ3) is 2.50. The van der Waals surface area contributed by atoms with Crippen molar-refractivity contribution in [1.82, 2.24) is 0 Å². The maximum Gasteiger partial charge on any atom is 0.269 e. The molecule has 0 spiro atoms. The SMILES string of the molecule is CC(C)([SiH2]Cl)C(F)C(F)F. The second kappa shape index (κ2) is 3.62. The molecule has 0 radical (unpaired) electrons. The van der Waals surface area contributed by atoms with Crippen molar-refractivity contribution in [3.8, 4) is 0 Å². The van der Waals surface area contributed by atoms with Gasteiger partial charge in [-0.05, 0) is 0 Å². The Morgan fingerprint density at radius 1 is 1.30 bits per heavy atom. The zero-order valence-electron chi connectivity index (χ0n) is 5.87. The third-order valence-electron chi connectivity index (χ3n) is 1.31. The Balaban J connectivity index is 4.03. The van der Waals surface area contributed by atoms with Gasteiger partial charge in [-0.15, -0.1) is 0 Å². The summed E-state index contributed by atoms with van der Waals surface area (Å²) in [5, 5.41) is -0.990. The molecule has 0 saturated heterocycles. The summed E-state index contributed by atoms with van der Waals surface area (Å²) >= 11 is 5.40. The van der Waals surface area contributed by atoms with Crippen molar-refractivity contribution in [2.24, 2.45) is 0 Å². The lowest BCUT2D eigenvalue weighted by Gasteiger charge is -2.24. The summed E-state index contributed by atoms with van der Waals surface area (Å²) in [7, 11) is -1.23. The second-order valence-electron chi connectivity index (χ2n) is 2.86. The van der Waals surface area contributed by atoms with Gasteiger partial charge in [-0.2, -0.15) is 11.1 Å². The zero-order valence-corrected chi connectivity index (χ0v) is 8.04. The number of alkyl halides is 3. The molecule has 0 aliphatic carbocycles. The lowest BCUT2D eigenvalue weighted by molar-refractivity contribution is 0.0300. The van der Waals surface area contributed by atoms with E-state index in [1.54, 1.807) is 0 Å². The molecule has 1 unspecified atom stereocenters. The molecule has 0 rings (SSSR count). The predicted molar refractivity (Wildman–Crippen MR) is 39.3 cm³/mol. The highest BCUT2D eigenvalue weighted by Crippen LogP contribution is 2.34. The van der Waals surface area contributed by atoms with Crippen LogP contribution in [0.5, 0.6) is 0 Å². The molecule has 0 amide bonds. The summed E-state index contributed by atoms with van der Waals surface area (Å²) in [5.41, 5.74) is 0. The van der Waals surface area contributed by atoms with Crippen LogP contribution in [0.3, 0.4) is 0 Å². The smallest absolute Gasteiger partial charge is 0.241 e. The van der Waals surface area contributed by atoms with Gasteiger partial charge in [0.1, 0.15) is 8.83 Å². The molecule has 10 heavy (non-hydrogen) atoms. The first-order valence-corrected chi connectivity index (χ1v) is 5.74. The highest BCUT2D eigenvalue weighted by molar-refractivity contribution is 6.95. The highest BCUT2D eigenvalue weighted by atomic mass is 35.6. The molecular formula is C5H10ClF3Si. The van der Waals surface area contributed by atoms with Gasteiger partial charge in [-0.1, -0.05) is 13.8 Å². The van der Waals surface area contributed by atoms with E-state index in [-0.39, 0.29) is 0 Å². The monoisotopic (exact) mass is 190 g/mol. The molecule has 0 aliphatic heterocycles. The van der Waals surface area contributed by atoms with Gasteiger partial charge in [0.2, 0.25) is 0 Å². The quantitative estimate of drug-likeness (QED) is 0.473. The lowest BCUT2D eigenvalue weighted by atomic mass is 10.1. The number of rotatable bonds is 3. The fourth-order valence-corrected chi connectivity index (χ4v) is 1.18. The van der Waals surface area contributed by atoms with Gasteiger partial charge >= 0.3 is 0 Å². The van der Waals surface area contributed by atoms with E-state index in [1.165, 1.54) is 13.8 Å². The Hall–Kier alpha value is 0.297. The van der Waals surface area contributed by atoms with E-state index in [1.807, 2.05) is 0 Å². The standard InChI is InChI=1S/C5H10ClF3Si/c1-5(2,10-6)3(7)4(8)9/h3-4H,10H2,1-2H3. The average molecular weight is 191 g/mol. The molecule has 0 N–H and O–H groups in total. The van der Waals surface area contributed by atoms with E-state index in [0.29, 0.717) is 0 Å². The summed E-state index contributed by atoms with van der Waals surface area (Å²) in [5.74, 6) is 0. The van der Waals surface area contributed by atoms with Crippen LogP contribution >= 0.6 is 11.1 Å². The van der Waals surface area contributed by atoms with Crippen LogP contribution in [0.1, 0.15) is 13.8 Å². The maximum absolute atomic E-state index is 12.5. The average Bonchev–Trinajstić information content (AvgIpc) is 1.86. The van der Waals surface area contributed by atoms with Crippen molar-refractivity contribution in [2.75, 3.05) is 0 Å². The summed E-state index contributed by atoms with van der Waals surface area (Å²) in [6.07, 6.45) is -4.97. The van der Waals surface area contributed by atoms with Gasteiger partial charge in [0.05, 0.1) is 0 Å². The molecule has 5 heteroatoms. The van der Waals surface area contributed by atoms with Crippen molar-refractivity contribution < 1.29 is 13.2 Å². The number of hydrogen-bond donors (Lipinski definition) is 0. The van der Waals surface area contributed by atoms with Gasteiger partial charge in [0.25, 0.3) is 6.43 Å². The largest absolute Gasteiger partial charge is 0.269 e. The Labute approximate surface area is 65.3 Å². The Morgan fingerprint density at radius 3 is 1.80 bits per heavy atom. The molecule has 0 aromatic rings. The number of halogens is 4. The minimum atomic E-state index is -2.90. The normalized spacial score (nSPS) is 17.1. The van der Waals surface area contributed by atoms with Gasteiger partial charge in [0, 0.05) is 5.04 Å². The first-order valence-electron chi connectivity index (χ1n) is 2.90. The van der Waals surface area contributed by atoms with E-state index in [0.717, 1.165) is 0 Å². The minimum absolute atomic E-state index is 0.990. The van der Waals surface area contributed by atoms with Crippen LogP contribution in [0.15, 0.2) is 0 Å². The molecule has 1 atom stereocenters. The molecule has 0 nitrogen and oxygen atoms in total. The number of hydrogen-bond acceptors (Lipinski definition) is 0. The van der Waals surface area contributed by atoms with Crippen molar-refractivity contribution >= 4 is 19.9 Å². The molecule has 0 heterocycles. The van der Waals surface area contributed by atoms with E-state index < -0.39 is 26.5 Å². The van der Waals surface area contributed by atoms with E-state index in [9.17, 15) is 13.2 Å². The highest BCUT2D eigenvalue weighted by Gasteiger charge is 2.36. The van der Waals surface area contributed by atoms with Crippen LogP contribution in [0.2, 0.25) is 5.04 Å². The maximum atomic E-state index is 12.5. The topological polar surface area (TPSA) is 0 Å². The van der Waals surface area contributed by atoms with Crippen LogP contribution in [0, 0.1) is 0 Å². The van der Waals surface area contributed by atoms with Gasteiger partial charge in [-0.25, -0.2) is 13.2 Å². The molecule has 0 aromatic carbocycles. The minimum Gasteiger partial charge on any atom is -0.241 e. The van der Waals surface area contributed by atoms with Crippen molar-refractivity contribution in [2.45, 2.75) is 31.5 Å². The summed E-state index contributed by atoms with van der Waals surface area (Å²) < 4.78 is 35.9.